The first kappa shape index (κ1) is 20.1. The van der Waals surface area contributed by atoms with E-state index in [1.54, 1.807) is 0 Å². The fourth-order valence-electron chi connectivity index (χ4n) is 5.11. The summed E-state index contributed by atoms with van der Waals surface area (Å²) in [5.41, 5.74) is 2.69. The molecule has 4 heterocycles. The monoisotopic (exact) mass is 423 g/mol. The molecular weight excluding hydrogens is 394 g/mol. The first-order chi connectivity index (χ1) is 15.1. The Labute approximate surface area is 182 Å². The van der Waals surface area contributed by atoms with Crippen LogP contribution in [-0.4, -0.2) is 77.6 Å². The molecule has 1 amide bonds. The highest BCUT2D eigenvalue weighted by Gasteiger charge is 2.30. The van der Waals surface area contributed by atoms with Crippen LogP contribution < -0.4 is 14.7 Å². The molecule has 0 bridgehead atoms. The van der Waals surface area contributed by atoms with Gasteiger partial charge in [-0.2, -0.15) is 0 Å². The number of benzene rings is 1. The van der Waals surface area contributed by atoms with Gasteiger partial charge in [-0.3, -0.25) is 9.80 Å². The quantitative estimate of drug-likeness (QED) is 0.785. The van der Waals surface area contributed by atoms with Gasteiger partial charge in [0.15, 0.2) is 0 Å². The number of rotatable bonds is 3. The van der Waals surface area contributed by atoms with Gasteiger partial charge >= 0.3 is 6.09 Å². The van der Waals surface area contributed by atoms with Crippen LogP contribution in [0, 0.1) is 0 Å². The summed E-state index contributed by atoms with van der Waals surface area (Å²) in [6.45, 7) is 4.81. The lowest BCUT2D eigenvalue weighted by molar-refractivity contribution is 0.148. The lowest BCUT2D eigenvalue weighted by Crippen LogP contribution is -2.44. The van der Waals surface area contributed by atoms with Crippen molar-refractivity contribution in [2.45, 2.75) is 31.4 Å². The average Bonchev–Trinajstić information content (AvgIpc) is 3.25. The van der Waals surface area contributed by atoms with E-state index in [1.807, 2.05) is 36.5 Å². The van der Waals surface area contributed by atoms with Crippen molar-refractivity contribution in [3.05, 3.63) is 42.6 Å². The van der Waals surface area contributed by atoms with Crippen LogP contribution in [0.5, 0.6) is 0 Å². The number of β-amino-alcohol motifs (C(OH)–C–C–N with tert-alkyl or cyclic N) is 1. The maximum Gasteiger partial charge on any atom is 0.411 e. The number of hydrogen-bond acceptors (Lipinski definition) is 6. The predicted molar refractivity (Wildman–Crippen MR) is 120 cm³/mol. The van der Waals surface area contributed by atoms with Gasteiger partial charge < -0.3 is 20.0 Å². The summed E-state index contributed by atoms with van der Waals surface area (Å²) >= 11 is 0. The fourth-order valence-corrected chi connectivity index (χ4v) is 5.11. The minimum atomic E-state index is -0.928. The molecule has 2 fully saturated rings. The maximum absolute atomic E-state index is 11.6. The molecule has 2 saturated heterocycles. The Hall–Kier alpha value is -2.84. The molecule has 3 aliphatic rings. The number of pyridine rings is 1. The van der Waals surface area contributed by atoms with Crippen molar-refractivity contribution in [2.24, 2.45) is 0 Å². The van der Waals surface area contributed by atoms with Crippen LogP contribution >= 0.6 is 0 Å². The van der Waals surface area contributed by atoms with Crippen molar-refractivity contribution in [1.29, 1.82) is 0 Å². The number of amides is 1. The lowest BCUT2D eigenvalue weighted by Gasteiger charge is -2.38. The number of aromatic nitrogens is 1. The highest BCUT2D eigenvalue weighted by atomic mass is 16.4. The lowest BCUT2D eigenvalue weighted by atomic mass is 10.0. The van der Waals surface area contributed by atoms with E-state index in [9.17, 15) is 15.0 Å². The van der Waals surface area contributed by atoms with E-state index < -0.39 is 6.09 Å². The number of piperidine rings is 1. The van der Waals surface area contributed by atoms with Crippen LogP contribution in [0.25, 0.3) is 0 Å². The van der Waals surface area contributed by atoms with Gasteiger partial charge in [-0.15, -0.1) is 0 Å². The number of para-hydroxylation sites is 2. The van der Waals surface area contributed by atoms with Gasteiger partial charge in [0.05, 0.1) is 29.4 Å². The van der Waals surface area contributed by atoms with Crippen LogP contribution in [0.4, 0.5) is 27.7 Å². The minimum Gasteiger partial charge on any atom is -0.465 e. The molecular formula is C23H29N5O3. The van der Waals surface area contributed by atoms with Gasteiger partial charge in [-0.25, -0.2) is 9.78 Å². The molecule has 0 spiro atoms. The van der Waals surface area contributed by atoms with Crippen LogP contribution in [-0.2, 0) is 0 Å². The van der Waals surface area contributed by atoms with Crippen molar-refractivity contribution in [1.82, 2.24) is 9.88 Å². The Morgan fingerprint density at radius 1 is 0.935 bits per heavy atom. The minimum absolute atomic E-state index is 0.155. The smallest absolute Gasteiger partial charge is 0.411 e. The molecule has 2 aromatic rings. The predicted octanol–water partition coefficient (Wildman–Crippen LogP) is 2.75. The molecule has 0 saturated carbocycles. The number of carbonyl (C=O) groups is 1. The summed E-state index contributed by atoms with van der Waals surface area (Å²) in [7, 11) is 0. The Kier molecular flexibility index (Phi) is 5.41. The number of aliphatic hydroxyl groups is 1. The van der Waals surface area contributed by atoms with Crippen LogP contribution in [0.1, 0.15) is 19.3 Å². The molecule has 0 unspecified atom stereocenters. The summed E-state index contributed by atoms with van der Waals surface area (Å²) in [5.74, 6) is 0.835. The van der Waals surface area contributed by atoms with E-state index >= 15 is 0 Å². The Bertz CT molecular complexity index is 929. The van der Waals surface area contributed by atoms with Gasteiger partial charge in [0.2, 0.25) is 0 Å². The number of nitrogens with zero attached hydrogens (tertiary/aromatic N) is 5. The first-order valence-corrected chi connectivity index (χ1v) is 11.1. The van der Waals surface area contributed by atoms with E-state index in [2.05, 4.69) is 20.8 Å². The van der Waals surface area contributed by atoms with Crippen molar-refractivity contribution in [3.63, 3.8) is 0 Å². The number of likely N-dealkylation sites (tertiary alicyclic amines) is 1. The second-order valence-corrected chi connectivity index (χ2v) is 8.60. The van der Waals surface area contributed by atoms with Gasteiger partial charge in [-0.05, 0) is 43.5 Å². The SMILES string of the molecule is O=C(O)N1CCN(c2ccc(N3CCC(N4CC[C@@H](O)C4)CC3)cn2)c2ccccc21. The summed E-state index contributed by atoms with van der Waals surface area (Å²) in [5, 5.41) is 19.3. The number of hydrogen-bond donors (Lipinski definition) is 2. The van der Waals surface area contributed by atoms with Crippen molar-refractivity contribution in [2.75, 3.05) is 54.0 Å². The van der Waals surface area contributed by atoms with Gasteiger partial charge in [0, 0.05) is 45.3 Å². The average molecular weight is 424 g/mol. The second-order valence-electron chi connectivity index (χ2n) is 8.60. The third-order valence-electron chi connectivity index (χ3n) is 6.79. The topological polar surface area (TPSA) is 83.4 Å². The second kappa shape index (κ2) is 8.36. The van der Waals surface area contributed by atoms with Gasteiger partial charge in [-0.1, -0.05) is 12.1 Å². The van der Waals surface area contributed by atoms with E-state index in [4.69, 9.17) is 4.98 Å². The summed E-state index contributed by atoms with van der Waals surface area (Å²) in [4.78, 5) is 24.6. The maximum atomic E-state index is 11.6. The van der Waals surface area contributed by atoms with Crippen LogP contribution in [0.15, 0.2) is 42.6 Å². The molecule has 31 heavy (non-hydrogen) atoms. The third kappa shape index (κ3) is 3.93. The normalized spacial score (nSPS) is 22.6. The number of aliphatic hydroxyl groups excluding tert-OH is 1. The van der Waals surface area contributed by atoms with E-state index in [0.717, 1.165) is 62.6 Å². The number of fused-ring (bicyclic) bond motifs is 1. The van der Waals surface area contributed by atoms with Gasteiger partial charge in [0.25, 0.3) is 0 Å². The summed E-state index contributed by atoms with van der Waals surface area (Å²) in [6.07, 6.45) is 3.97. The Morgan fingerprint density at radius 3 is 2.35 bits per heavy atom. The van der Waals surface area contributed by atoms with Gasteiger partial charge in [0.1, 0.15) is 5.82 Å². The van der Waals surface area contributed by atoms with E-state index in [0.29, 0.717) is 24.8 Å². The standard InChI is InChI=1S/C23H29N5O3/c29-19-9-12-26(16-19)17-7-10-25(11-8-17)18-5-6-22(24-15-18)27-13-14-28(23(30)31)21-4-2-1-3-20(21)27/h1-6,15,17,19,29H,7-14,16H2,(H,30,31)/t19-/m1/s1. The molecule has 164 valence electrons. The molecule has 1 aromatic heterocycles. The van der Waals surface area contributed by atoms with Crippen molar-refractivity contribution < 1.29 is 15.0 Å². The molecule has 8 nitrogen and oxygen atoms in total. The molecule has 8 heteroatoms. The zero-order valence-electron chi connectivity index (χ0n) is 17.6. The largest absolute Gasteiger partial charge is 0.465 e. The molecule has 0 radical (unpaired) electrons. The Morgan fingerprint density at radius 2 is 1.71 bits per heavy atom. The molecule has 0 aliphatic carbocycles. The van der Waals surface area contributed by atoms with Crippen LogP contribution in [0.2, 0.25) is 0 Å². The number of carboxylic acid groups (broad SMARTS) is 1. The zero-order valence-corrected chi connectivity index (χ0v) is 17.6. The third-order valence-corrected chi connectivity index (χ3v) is 6.79. The molecule has 1 aromatic carbocycles. The highest BCUT2D eigenvalue weighted by Crippen LogP contribution is 2.37. The summed E-state index contributed by atoms with van der Waals surface area (Å²) in [6, 6.07) is 12.3. The Balaban J connectivity index is 1.27. The first-order valence-electron chi connectivity index (χ1n) is 11.1. The number of anilines is 4. The molecule has 2 N–H and O–H groups in total. The van der Waals surface area contributed by atoms with E-state index in [1.165, 1.54) is 4.90 Å². The molecule has 3 aliphatic heterocycles. The zero-order chi connectivity index (χ0) is 21.4. The fraction of sp³-hybridized carbons (Fsp3) is 0.478. The van der Waals surface area contributed by atoms with Crippen LogP contribution in [0.3, 0.4) is 0 Å². The van der Waals surface area contributed by atoms with Crippen molar-refractivity contribution >= 4 is 29.0 Å². The molecule has 5 rings (SSSR count). The summed E-state index contributed by atoms with van der Waals surface area (Å²) < 4.78 is 0. The molecule has 1 atom stereocenters. The van der Waals surface area contributed by atoms with E-state index in [-0.39, 0.29) is 6.10 Å². The van der Waals surface area contributed by atoms with Crippen molar-refractivity contribution in [3.8, 4) is 0 Å². The highest BCUT2D eigenvalue weighted by molar-refractivity contribution is 5.93.